The monoisotopic (exact) mass is 352 g/mol. The molecule has 0 fully saturated rings. The largest absolute Gasteiger partial charge is 0.351 e. The molecular weight excluding hydrogens is 336 g/mol. The van der Waals surface area contributed by atoms with Crippen LogP contribution in [0.25, 0.3) is 10.6 Å². The van der Waals surface area contributed by atoms with Crippen molar-refractivity contribution >= 4 is 34.6 Å². The SMILES string of the molecule is Cc1nc(-c2ccccc2)sc1C(=O)Nc1ccc(NC(N)=O)cc1. The van der Waals surface area contributed by atoms with Crippen molar-refractivity contribution in [3.63, 3.8) is 0 Å². The van der Waals surface area contributed by atoms with Crippen LogP contribution in [0.4, 0.5) is 16.2 Å². The van der Waals surface area contributed by atoms with Gasteiger partial charge in [-0.05, 0) is 31.2 Å². The van der Waals surface area contributed by atoms with Crippen LogP contribution >= 0.6 is 11.3 Å². The summed E-state index contributed by atoms with van der Waals surface area (Å²) >= 11 is 1.35. The van der Waals surface area contributed by atoms with Gasteiger partial charge in [-0.2, -0.15) is 0 Å². The minimum Gasteiger partial charge on any atom is -0.351 e. The number of primary amides is 1. The Kier molecular flexibility index (Phi) is 4.76. The molecule has 0 saturated heterocycles. The maximum Gasteiger partial charge on any atom is 0.316 e. The average molecular weight is 352 g/mol. The Morgan fingerprint density at radius 2 is 1.56 bits per heavy atom. The smallest absolute Gasteiger partial charge is 0.316 e. The molecule has 4 N–H and O–H groups in total. The Balaban J connectivity index is 1.75. The highest BCUT2D eigenvalue weighted by molar-refractivity contribution is 7.17. The summed E-state index contributed by atoms with van der Waals surface area (Å²) in [6.45, 7) is 1.82. The second-order valence-electron chi connectivity index (χ2n) is 5.32. The highest BCUT2D eigenvalue weighted by Gasteiger charge is 2.16. The lowest BCUT2D eigenvalue weighted by Crippen LogP contribution is -2.19. The number of aryl methyl sites for hydroxylation is 1. The molecule has 3 rings (SSSR count). The minimum absolute atomic E-state index is 0.215. The van der Waals surface area contributed by atoms with Crippen LogP contribution in [-0.4, -0.2) is 16.9 Å². The van der Waals surface area contributed by atoms with Crippen molar-refractivity contribution in [2.45, 2.75) is 6.92 Å². The molecule has 0 unspecified atom stereocenters. The highest BCUT2D eigenvalue weighted by Crippen LogP contribution is 2.28. The fraction of sp³-hybridized carbons (Fsp3) is 0.0556. The molecule has 0 spiro atoms. The molecule has 0 radical (unpaired) electrons. The Labute approximate surface area is 148 Å². The zero-order valence-corrected chi connectivity index (χ0v) is 14.3. The summed E-state index contributed by atoms with van der Waals surface area (Å²) in [6, 6.07) is 15.8. The van der Waals surface area contributed by atoms with Gasteiger partial charge in [0, 0.05) is 16.9 Å². The summed E-state index contributed by atoms with van der Waals surface area (Å²) in [5, 5.41) is 6.11. The van der Waals surface area contributed by atoms with Gasteiger partial charge in [0.2, 0.25) is 0 Å². The number of benzene rings is 2. The molecule has 6 nitrogen and oxygen atoms in total. The molecule has 25 heavy (non-hydrogen) atoms. The molecule has 0 saturated carbocycles. The summed E-state index contributed by atoms with van der Waals surface area (Å²) in [5.74, 6) is -0.215. The molecule has 0 aliphatic rings. The number of amides is 3. The number of thiazole rings is 1. The Morgan fingerprint density at radius 3 is 2.16 bits per heavy atom. The van der Waals surface area contributed by atoms with Gasteiger partial charge in [0.1, 0.15) is 9.88 Å². The Morgan fingerprint density at radius 1 is 0.960 bits per heavy atom. The molecular formula is C18H16N4O2S. The molecule has 3 aromatic rings. The number of nitrogens with zero attached hydrogens (tertiary/aromatic N) is 1. The fourth-order valence-corrected chi connectivity index (χ4v) is 3.25. The third-order valence-corrected chi connectivity index (χ3v) is 4.64. The van der Waals surface area contributed by atoms with Crippen LogP contribution in [-0.2, 0) is 0 Å². The summed E-state index contributed by atoms with van der Waals surface area (Å²) in [5.41, 5.74) is 7.91. The lowest BCUT2D eigenvalue weighted by molar-refractivity contribution is 0.103. The molecule has 3 amide bonds. The lowest BCUT2D eigenvalue weighted by atomic mass is 10.2. The van der Waals surface area contributed by atoms with Gasteiger partial charge >= 0.3 is 6.03 Å². The van der Waals surface area contributed by atoms with Crippen molar-refractivity contribution in [1.29, 1.82) is 0 Å². The highest BCUT2D eigenvalue weighted by atomic mass is 32.1. The van der Waals surface area contributed by atoms with E-state index in [1.807, 2.05) is 37.3 Å². The first-order valence-electron chi connectivity index (χ1n) is 7.53. The topological polar surface area (TPSA) is 97.1 Å². The number of urea groups is 1. The normalized spacial score (nSPS) is 10.3. The van der Waals surface area contributed by atoms with Crippen molar-refractivity contribution in [3.05, 3.63) is 65.2 Å². The van der Waals surface area contributed by atoms with Crippen LogP contribution in [0.2, 0.25) is 0 Å². The van der Waals surface area contributed by atoms with Crippen LogP contribution in [0.15, 0.2) is 54.6 Å². The van der Waals surface area contributed by atoms with Gasteiger partial charge in [0.15, 0.2) is 0 Å². The third kappa shape index (κ3) is 4.02. The minimum atomic E-state index is -0.634. The molecule has 0 aliphatic heterocycles. The quantitative estimate of drug-likeness (QED) is 0.665. The second-order valence-corrected chi connectivity index (χ2v) is 6.32. The van der Waals surface area contributed by atoms with E-state index in [0.717, 1.165) is 10.6 Å². The first kappa shape index (κ1) is 16.7. The van der Waals surface area contributed by atoms with Crippen LogP contribution in [0, 0.1) is 6.92 Å². The van der Waals surface area contributed by atoms with Crippen molar-refractivity contribution in [3.8, 4) is 10.6 Å². The summed E-state index contributed by atoms with van der Waals surface area (Å²) < 4.78 is 0. The average Bonchev–Trinajstić information content (AvgIpc) is 2.99. The van der Waals surface area contributed by atoms with E-state index in [1.54, 1.807) is 24.3 Å². The number of carbonyl (C=O) groups is 2. The van der Waals surface area contributed by atoms with Crippen LogP contribution in [0.1, 0.15) is 15.4 Å². The van der Waals surface area contributed by atoms with E-state index in [0.29, 0.717) is 21.9 Å². The molecule has 0 aliphatic carbocycles. The third-order valence-electron chi connectivity index (χ3n) is 3.43. The zero-order valence-electron chi connectivity index (χ0n) is 13.4. The Hall–Kier alpha value is -3.19. The number of nitrogens with one attached hydrogen (secondary N) is 2. The van der Waals surface area contributed by atoms with Crippen LogP contribution in [0.3, 0.4) is 0 Å². The molecule has 126 valence electrons. The van der Waals surface area contributed by atoms with Gasteiger partial charge in [-0.1, -0.05) is 30.3 Å². The van der Waals surface area contributed by atoms with Crippen molar-refractivity contribution in [1.82, 2.24) is 4.98 Å². The van der Waals surface area contributed by atoms with E-state index in [4.69, 9.17) is 5.73 Å². The van der Waals surface area contributed by atoms with Crippen molar-refractivity contribution in [2.24, 2.45) is 5.73 Å². The number of aromatic nitrogens is 1. The number of hydrogen-bond donors (Lipinski definition) is 3. The van der Waals surface area contributed by atoms with Gasteiger partial charge < -0.3 is 16.4 Å². The maximum absolute atomic E-state index is 12.5. The Bertz CT molecular complexity index is 905. The summed E-state index contributed by atoms with van der Waals surface area (Å²) in [4.78, 5) is 28.4. The van der Waals surface area contributed by atoms with E-state index in [-0.39, 0.29) is 5.91 Å². The van der Waals surface area contributed by atoms with Gasteiger partial charge in [-0.15, -0.1) is 11.3 Å². The summed E-state index contributed by atoms with van der Waals surface area (Å²) in [6.07, 6.45) is 0. The zero-order chi connectivity index (χ0) is 17.8. The predicted octanol–water partition coefficient (Wildman–Crippen LogP) is 3.86. The lowest BCUT2D eigenvalue weighted by Gasteiger charge is -2.06. The van der Waals surface area contributed by atoms with Gasteiger partial charge in [-0.25, -0.2) is 9.78 Å². The maximum atomic E-state index is 12.5. The van der Waals surface area contributed by atoms with Crippen LogP contribution < -0.4 is 16.4 Å². The first-order valence-corrected chi connectivity index (χ1v) is 8.35. The molecule has 0 atom stereocenters. The van der Waals surface area contributed by atoms with E-state index >= 15 is 0 Å². The standard InChI is InChI=1S/C18H16N4O2S/c1-11-15(25-17(20-11)12-5-3-2-4-6-12)16(23)21-13-7-9-14(10-8-13)22-18(19)24/h2-10H,1H3,(H,21,23)(H3,19,22,24). The van der Waals surface area contributed by atoms with Crippen molar-refractivity contribution in [2.75, 3.05) is 10.6 Å². The van der Waals surface area contributed by atoms with Crippen molar-refractivity contribution < 1.29 is 9.59 Å². The second kappa shape index (κ2) is 7.14. The number of hydrogen-bond acceptors (Lipinski definition) is 4. The van der Waals surface area contributed by atoms with E-state index in [1.165, 1.54) is 11.3 Å². The molecule has 1 heterocycles. The number of nitrogens with two attached hydrogens (primary N) is 1. The first-order chi connectivity index (χ1) is 12.0. The molecule has 0 bridgehead atoms. The fourth-order valence-electron chi connectivity index (χ4n) is 2.28. The predicted molar refractivity (Wildman–Crippen MR) is 99.9 cm³/mol. The van der Waals surface area contributed by atoms with Gasteiger partial charge in [0.25, 0.3) is 5.91 Å². The number of rotatable bonds is 4. The number of anilines is 2. The van der Waals surface area contributed by atoms with Gasteiger partial charge in [-0.3, -0.25) is 4.79 Å². The summed E-state index contributed by atoms with van der Waals surface area (Å²) in [7, 11) is 0. The van der Waals surface area contributed by atoms with Gasteiger partial charge in [0.05, 0.1) is 5.69 Å². The van der Waals surface area contributed by atoms with E-state index < -0.39 is 6.03 Å². The van der Waals surface area contributed by atoms with E-state index in [2.05, 4.69) is 15.6 Å². The molecule has 7 heteroatoms. The molecule has 2 aromatic carbocycles. The van der Waals surface area contributed by atoms with E-state index in [9.17, 15) is 9.59 Å². The molecule has 1 aromatic heterocycles. The number of carbonyl (C=O) groups excluding carboxylic acids is 2. The van der Waals surface area contributed by atoms with Crippen LogP contribution in [0.5, 0.6) is 0 Å².